The summed E-state index contributed by atoms with van der Waals surface area (Å²) in [6.45, 7) is 2.04. The molecule has 160 valence electrons. The normalized spacial score (nSPS) is 16.5. The molecule has 1 fully saturated rings. The quantitative estimate of drug-likeness (QED) is 0.617. The molecule has 0 spiro atoms. The lowest BCUT2D eigenvalue weighted by Crippen LogP contribution is -2.36. The predicted octanol–water partition coefficient (Wildman–Crippen LogP) is 4.54. The highest BCUT2D eigenvalue weighted by atomic mass is 19.4. The molecule has 1 aromatic heterocycles. The number of carbonyl (C=O) groups excluding carboxylic acids is 1. The smallest absolute Gasteiger partial charge is 0.330 e. The summed E-state index contributed by atoms with van der Waals surface area (Å²) in [5.41, 5.74) is -0.250. The first-order chi connectivity index (χ1) is 14.8. The molecular weight excluding hydrogens is 407 g/mol. The van der Waals surface area contributed by atoms with Gasteiger partial charge in [-0.3, -0.25) is 9.59 Å². The summed E-state index contributed by atoms with van der Waals surface area (Å²) < 4.78 is 40.6. The number of hydrogen-bond acceptors (Lipinski definition) is 3. The molecule has 1 saturated heterocycles. The molecule has 2 heterocycles. The average Bonchev–Trinajstić information content (AvgIpc) is 3.23. The van der Waals surface area contributed by atoms with Crippen LogP contribution >= 0.6 is 0 Å². The van der Waals surface area contributed by atoms with Gasteiger partial charge < -0.3 is 4.90 Å². The summed E-state index contributed by atoms with van der Waals surface area (Å²) in [5.74, 6) is -0.517. The zero-order valence-electron chi connectivity index (χ0n) is 16.8. The van der Waals surface area contributed by atoms with Gasteiger partial charge in [0.2, 0.25) is 5.43 Å². The average molecular weight is 427 g/mol. The highest BCUT2D eigenvalue weighted by Crippen LogP contribution is 2.33. The maximum atomic E-state index is 13.2. The third-order valence-electron chi connectivity index (χ3n) is 5.43. The Bertz CT molecular complexity index is 1170. The van der Waals surface area contributed by atoms with E-state index >= 15 is 0 Å². The standard InChI is InChI=1S/C23H20F3N3O2/c1-15-13-20(30)21(27-29(15)18-10-5-9-17(14-18)23(24,25)26)22(31)28-12-6-11-19(28)16-7-3-2-4-8-16/h2-5,7-10,13-14,19H,6,11-12H2,1H3. The van der Waals surface area contributed by atoms with E-state index in [1.165, 1.54) is 22.9 Å². The third-order valence-corrected chi connectivity index (χ3v) is 5.43. The molecule has 1 aliphatic heterocycles. The van der Waals surface area contributed by atoms with Crippen molar-refractivity contribution in [1.82, 2.24) is 14.7 Å². The maximum Gasteiger partial charge on any atom is 0.416 e. The molecule has 0 saturated carbocycles. The molecule has 0 aliphatic carbocycles. The third kappa shape index (κ3) is 4.10. The van der Waals surface area contributed by atoms with Crippen LogP contribution in [0.5, 0.6) is 0 Å². The van der Waals surface area contributed by atoms with Gasteiger partial charge in [-0.2, -0.15) is 18.3 Å². The van der Waals surface area contributed by atoms with Crippen molar-refractivity contribution in [2.24, 2.45) is 0 Å². The molecule has 0 bridgehead atoms. The van der Waals surface area contributed by atoms with Crippen LogP contribution in [0, 0.1) is 6.92 Å². The van der Waals surface area contributed by atoms with Gasteiger partial charge in [-0.15, -0.1) is 0 Å². The molecule has 8 heteroatoms. The van der Waals surface area contributed by atoms with Gasteiger partial charge in [0.05, 0.1) is 17.3 Å². The summed E-state index contributed by atoms with van der Waals surface area (Å²) in [4.78, 5) is 27.4. The minimum Gasteiger partial charge on any atom is -0.330 e. The van der Waals surface area contributed by atoms with Crippen molar-refractivity contribution < 1.29 is 18.0 Å². The number of halogens is 3. The van der Waals surface area contributed by atoms with Gasteiger partial charge in [0, 0.05) is 18.3 Å². The van der Waals surface area contributed by atoms with Crippen LogP contribution < -0.4 is 5.43 Å². The highest BCUT2D eigenvalue weighted by Gasteiger charge is 2.33. The fraction of sp³-hybridized carbons (Fsp3) is 0.261. The highest BCUT2D eigenvalue weighted by molar-refractivity contribution is 5.92. The van der Waals surface area contributed by atoms with Gasteiger partial charge >= 0.3 is 6.18 Å². The van der Waals surface area contributed by atoms with E-state index in [0.717, 1.165) is 30.5 Å². The first-order valence-electron chi connectivity index (χ1n) is 9.90. The molecule has 0 N–H and O–H groups in total. The zero-order valence-corrected chi connectivity index (χ0v) is 16.8. The number of rotatable bonds is 3. The van der Waals surface area contributed by atoms with E-state index in [0.29, 0.717) is 12.2 Å². The van der Waals surface area contributed by atoms with Crippen molar-refractivity contribution >= 4 is 5.91 Å². The van der Waals surface area contributed by atoms with Crippen LogP contribution in [-0.4, -0.2) is 27.1 Å². The maximum absolute atomic E-state index is 13.2. The SMILES string of the molecule is Cc1cc(=O)c(C(=O)N2CCCC2c2ccccc2)nn1-c1cccc(C(F)(F)F)c1. The Morgan fingerprint density at radius 1 is 1.06 bits per heavy atom. The molecule has 0 radical (unpaired) electrons. The van der Waals surface area contributed by atoms with E-state index in [2.05, 4.69) is 5.10 Å². The number of amides is 1. The molecule has 1 aliphatic rings. The summed E-state index contributed by atoms with van der Waals surface area (Å²) in [5, 5.41) is 4.18. The predicted molar refractivity (Wildman–Crippen MR) is 109 cm³/mol. The van der Waals surface area contributed by atoms with Crippen LogP contribution in [0.1, 0.15) is 46.2 Å². The van der Waals surface area contributed by atoms with Gasteiger partial charge in [0.25, 0.3) is 5.91 Å². The molecular formula is C23H20F3N3O2. The second kappa shape index (κ2) is 8.02. The van der Waals surface area contributed by atoms with Gasteiger partial charge in [0.1, 0.15) is 0 Å². The molecule has 5 nitrogen and oxygen atoms in total. The molecule has 2 aromatic carbocycles. The second-order valence-electron chi connectivity index (χ2n) is 7.53. The molecule has 31 heavy (non-hydrogen) atoms. The van der Waals surface area contributed by atoms with Crippen molar-refractivity contribution in [2.45, 2.75) is 32.0 Å². The van der Waals surface area contributed by atoms with Gasteiger partial charge in [0.15, 0.2) is 5.69 Å². The van der Waals surface area contributed by atoms with Crippen molar-refractivity contribution in [3.8, 4) is 5.69 Å². The topological polar surface area (TPSA) is 55.2 Å². The van der Waals surface area contributed by atoms with Crippen molar-refractivity contribution in [1.29, 1.82) is 0 Å². The van der Waals surface area contributed by atoms with Crippen LogP contribution in [0.3, 0.4) is 0 Å². The zero-order chi connectivity index (χ0) is 22.2. The minimum atomic E-state index is -4.51. The van der Waals surface area contributed by atoms with E-state index < -0.39 is 23.1 Å². The van der Waals surface area contributed by atoms with Gasteiger partial charge in [-0.25, -0.2) is 4.68 Å². The monoisotopic (exact) mass is 427 g/mol. The molecule has 1 amide bonds. The summed E-state index contributed by atoms with van der Waals surface area (Å²) >= 11 is 0. The summed E-state index contributed by atoms with van der Waals surface area (Å²) in [6.07, 6.45) is -2.96. The Hall–Kier alpha value is -3.42. The van der Waals surface area contributed by atoms with Crippen molar-refractivity contribution in [3.05, 3.63) is 93.4 Å². The number of hydrogen-bond donors (Lipinski definition) is 0. The summed E-state index contributed by atoms with van der Waals surface area (Å²) in [7, 11) is 0. The fourth-order valence-electron chi connectivity index (χ4n) is 3.94. The lowest BCUT2D eigenvalue weighted by atomic mass is 10.0. The minimum absolute atomic E-state index is 0.127. The second-order valence-corrected chi connectivity index (χ2v) is 7.53. The fourth-order valence-corrected chi connectivity index (χ4v) is 3.94. The van der Waals surface area contributed by atoms with Crippen LogP contribution in [-0.2, 0) is 6.18 Å². The number of alkyl halides is 3. The Morgan fingerprint density at radius 3 is 2.52 bits per heavy atom. The van der Waals surface area contributed by atoms with E-state index in [4.69, 9.17) is 0 Å². The number of carbonyl (C=O) groups is 1. The van der Waals surface area contributed by atoms with Crippen molar-refractivity contribution in [2.75, 3.05) is 6.54 Å². The molecule has 1 unspecified atom stereocenters. The Labute approximate surface area is 176 Å². The molecule has 4 rings (SSSR count). The Morgan fingerprint density at radius 2 is 1.81 bits per heavy atom. The number of nitrogens with zero attached hydrogens (tertiary/aromatic N) is 3. The Kier molecular flexibility index (Phi) is 5.39. The number of aromatic nitrogens is 2. The summed E-state index contributed by atoms with van der Waals surface area (Å²) in [6, 6.07) is 15.2. The largest absolute Gasteiger partial charge is 0.416 e. The van der Waals surface area contributed by atoms with E-state index in [1.807, 2.05) is 30.3 Å². The number of likely N-dealkylation sites (tertiary alicyclic amines) is 1. The van der Waals surface area contributed by atoms with Gasteiger partial charge in [-0.05, 0) is 43.5 Å². The lowest BCUT2D eigenvalue weighted by molar-refractivity contribution is -0.137. The lowest BCUT2D eigenvalue weighted by Gasteiger charge is -2.25. The van der Waals surface area contributed by atoms with E-state index in [9.17, 15) is 22.8 Å². The van der Waals surface area contributed by atoms with Crippen LogP contribution in [0.15, 0.2) is 65.5 Å². The van der Waals surface area contributed by atoms with Crippen LogP contribution in [0.4, 0.5) is 13.2 Å². The van der Waals surface area contributed by atoms with Crippen molar-refractivity contribution in [3.63, 3.8) is 0 Å². The molecule has 3 aromatic rings. The van der Waals surface area contributed by atoms with E-state index in [1.54, 1.807) is 11.8 Å². The first-order valence-corrected chi connectivity index (χ1v) is 9.90. The first kappa shape index (κ1) is 20.8. The number of aryl methyl sites for hydroxylation is 1. The molecule has 1 atom stereocenters. The van der Waals surface area contributed by atoms with Crippen LogP contribution in [0.25, 0.3) is 5.69 Å². The Balaban J connectivity index is 1.73. The van der Waals surface area contributed by atoms with Gasteiger partial charge in [-0.1, -0.05) is 36.4 Å². The van der Waals surface area contributed by atoms with E-state index in [-0.39, 0.29) is 17.4 Å². The number of benzene rings is 2. The van der Waals surface area contributed by atoms with Crippen LogP contribution in [0.2, 0.25) is 0 Å².